The standard InChI is InChI=1S/C32H26BrN5O2S/c1-38-30(24-12-16-27(17-13-24)34-29(39)20-9-22-5-3-2-4-6-22)36-37-32(38)41-21-23-7-10-25(11-8-23)31(40)35-28-18-14-26(33)15-19-28/h2-20H,21H2,1H3,(H,34,39)(H,35,40). The van der Waals surface area contributed by atoms with Crippen LogP contribution < -0.4 is 10.6 Å². The van der Waals surface area contributed by atoms with E-state index in [9.17, 15) is 9.59 Å². The van der Waals surface area contributed by atoms with Gasteiger partial charge < -0.3 is 15.2 Å². The van der Waals surface area contributed by atoms with Crippen molar-refractivity contribution in [3.8, 4) is 11.4 Å². The van der Waals surface area contributed by atoms with E-state index in [1.165, 1.54) is 6.08 Å². The Balaban J connectivity index is 1.15. The second-order valence-electron chi connectivity index (χ2n) is 9.12. The fourth-order valence-electron chi connectivity index (χ4n) is 3.95. The number of hydrogen-bond acceptors (Lipinski definition) is 5. The zero-order chi connectivity index (χ0) is 28.6. The maximum Gasteiger partial charge on any atom is 0.255 e. The maximum atomic E-state index is 12.6. The molecule has 204 valence electrons. The lowest BCUT2D eigenvalue weighted by Gasteiger charge is -2.07. The van der Waals surface area contributed by atoms with Crippen molar-refractivity contribution in [2.45, 2.75) is 10.9 Å². The largest absolute Gasteiger partial charge is 0.323 e. The van der Waals surface area contributed by atoms with Gasteiger partial charge in [0.2, 0.25) is 5.91 Å². The highest BCUT2D eigenvalue weighted by molar-refractivity contribution is 9.10. The molecule has 41 heavy (non-hydrogen) atoms. The Labute approximate surface area is 250 Å². The molecule has 7 nitrogen and oxygen atoms in total. The Kier molecular flexibility index (Phi) is 9.08. The second-order valence-corrected chi connectivity index (χ2v) is 11.0. The van der Waals surface area contributed by atoms with Gasteiger partial charge in [-0.3, -0.25) is 9.59 Å². The van der Waals surface area contributed by atoms with E-state index in [0.29, 0.717) is 17.0 Å². The quantitative estimate of drug-likeness (QED) is 0.132. The van der Waals surface area contributed by atoms with E-state index in [0.717, 1.165) is 37.8 Å². The minimum absolute atomic E-state index is 0.154. The first-order valence-corrected chi connectivity index (χ1v) is 14.5. The van der Waals surface area contributed by atoms with E-state index >= 15 is 0 Å². The van der Waals surface area contributed by atoms with E-state index in [-0.39, 0.29) is 11.8 Å². The lowest BCUT2D eigenvalue weighted by Crippen LogP contribution is -2.11. The van der Waals surface area contributed by atoms with Crippen LogP contribution in [0.2, 0.25) is 0 Å². The lowest BCUT2D eigenvalue weighted by molar-refractivity contribution is -0.111. The first kappa shape index (κ1) is 28.1. The number of nitrogens with zero attached hydrogens (tertiary/aromatic N) is 3. The van der Waals surface area contributed by atoms with Crippen molar-refractivity contribution in [3.63, 3.8) is 0 Å². The van der Waals surface area contributed by atoms with Crippen LogP contribution in [-0.2, 0) is 17.6 Å². The third-order valence-electron chi connectivity index (χ3n) is 6.16. The normalized spacial score (nSPS) is 11.0. The fourth-order valence-corrected chi connectivity index (χ4v) is 5.08. The third kappa shape index (κ3) is 7.59. The molecule has 1 aromatic heterocycles. The smallest absolute Gasteiger partial charge is 0.255 e. The van der Waals surface area contributed by atoms with Crippen LogP contribution in [0.1, 0.15) is 21.5 Å². The first-order valence-electron chi connectivity index (χ1n) is 12.8. The predicted molar refractivity (Wildman–Crippen MR) is 169 cm³/mol. The number of anilines is 2. The van der Waals surface area contributed by atoms with Gasteiger partial charge in [0.05, 0.1) is 0 Å². The summed E-state index contributed by atoms with van der Waals surface area (Å²) in [7, 11) is 1.93. The van der Waals surface area contributed by atoms with Crippen molar-refractivity contribution in [1.29, 1.82) is 0 Å². The zero-order valence-electron chi connectivity index (χ0n) is 22.1. The van der Waals surface area contributed by atoms with Crippen molar-refractivity contribution < 1.29 is 9.59 Å². The molecule has 4 aromatic carbocycles. The average molecular weight is 625 g/mol. The van der Waals surface area contributed by atoms with Crippen LogP contribution in [0, 0.1) is 0 Å². The number of benzene rings is 4. The highest BCUT2D eigenvalue weighted by atomic mass is 79.9. The minimum Gasteiger partial charge on any atom is -0.323 e. The van der Waals surface area contributed by atoms with Crippen LogP contribution in [0.25, 0.3) is 17.5 Å². The monoisotopic (exact) mass is 623 g/mol. The molecule has 5 rings (SSSR count). The van der Waals surface area contributed by atoms with Crippen molar-refractivity contribution in [2.24, 2.45) is 7.05 Å². The number of nitrogens with one attached hydrogen (secondary N) is 2. The molecule has 0 atom stereocenters. The van der Waals surface area contributed by atoms with Gasteiger partial charge in [-0.1, -0.05) is 70.2 Å². The van der Waals surface area contributed by atoms with Crippen molar-refractivity contribution in [1.82, 2.24) is 14.8 Å². The van der Waals surface area contributed by atoms with E-state index in [4.69, 9.17) is 0 Å². The summed E-state index contributed by atoms with van der Waals surface area (Å²) in [4.78, 5) is 24.8. The summed E-state index contributed by atoms with van der Waals surface area (Å²) < 4.78 is 2.90. The van der Waals surface area contributed by atoms with Crippen LogP contribution in [-0.4, -0.2) is 26.6 Å². The highest BCUT2D eigenvalue weighted by Gasteiger charge is 2.12. The molecule has 1 heterocycles. The third-order valence-corrected chi connectivity index (χ3v) is 7.78. The molecule has 0 fully saturated rings. The summed E-state index contributed by atoms with van der Waals surface area (Å²) in [6, 6.07) is 32.2. The fraction of sp³-hybridized carbons (Fsp3) is 0.0625. The number of thioether (sulfide) groups is 1. The Morgan fingerprint density at radius 2 is 1.49 bits per heavy atom. The predicted octanol–water partition coefficient (Wildman–Crippen LogP) is 7.44. The SMILES string of the molecule is Cn1c(SCc2ccc(C(=O)Nc3ccc(Br)cc3)cc2)nnc1-c1ccc(NC(=O)C=Cc2ccccc2)cc1. The highest BCUT2D eigenvalue weighted by Crippen LogP contribution is 2.26. The van der Waals surface area contributed by atoms with Gasteiger partial charge >= 0.3 is 0 Å². The molecule has 9 heteroatoms. The summed E-state index contributed by atoms with van der Waals surface area (Å²) in [5.74, 6) is 1.06. The van der Waals surface area contributed by atoms with Gasteiger partial charge in [-0.05, 0) is 77.9 Å². The molecular formula is C32H26BrN5O2S. The molecule has 2 N–H and O–H groups in total. The van der Waals surface area contributed by atoms with Crippen LogP contribution in [0.15, 0.2) is 119 Å². The van der Waals surface area contributed by atoms with Crippen molar-refractivity contribution in [3.05, 3.63) is 130 Å². The summed E-state index contributed by atoms with van der Waals surface area (Å²) in [6.45, 7) is 0. The molecule has 0 aliphatic carbocycles. The van der Waals surface area contributed by atoms with Gasteiger partial charge in [0.25, 0.3) is 5.91 Å². The minimum atomic E-state index is -0.197. The molecule has 0 bridgehead atoms. The van der Waals surface area contributed by atoms with Crippen molar-refractivity contribution >= 4 is 57.0 Å². The van der Waals surface area contributed by atoms with E-state index in [1.807, 2.05) is 115 Å². The molecule has 0 aliphatic rings. The van der Waals surface area contributed by atoms with Crippen LogP contribution in [0.5, 0.6) is 0 Å². The molecule has 0 spiro atoms. The van der Waals surface area contributed by atoms with Gasteiger partial charge in [-0.15, -0.1) is 10.2 Å². The number of rotatable bonds is 9. The molecule has 0 saturated carbocycles. The Hall–Kier alpha value is -4.47. The zero-order valence-corrected chi connectivity index (χ0v) is 24.5. The number of amides is 2. The van der Waals surface area contributed by atoms with Crippen LogP contribution in [0.4, 0.5) is 11.4 Å². The number of carbonyl (C=O) groups is 2. The molecular weight excluding hydrogens is 598 g/mol. The number of aromatic nitrogens is 3. The molecule has 0 aliphatic heterocycles. The van der Waals surface area contributed by atoms with Gasteiger partial charge in [-0.25, -0.2) is 0 Å². The molecule has 2 amide bonds. The van der Waals surface area contributed by atoms with Gasteiger partial charge in [0.15, 0.2) is 11.0 Å². The average Bonchev–Trinajstić information content (AvgIpc) is 3.37. The summed E-state index contributed by atoms with van der Waals surface area (Å²) in [6.07, 6.45) is 3.29. The summed E-state index contributed by atoms with van der Waals surface area (Å²) in [5.41, 5.74) is 4.96. The number of carbonyl (C=O) groups excluding carboxylic acids is 2. The molecule has 5 aromatic rings. The topological polar surface area (TPSA) is 88.9 Å². The Bertz CT molecular complexity index is 1670. The van der Waals surface area contributed by atoms with Gasteiger partial charge in [0.1, 0.15) is 0 Å². The molecule has 0 saturated heterocycles. The summed E-state index contributed by atoms with van der Waals surface area (Å²) >= 11 is 4.96. The molecule has 0 unspecified atom stereocenters. The van der Waals surface area contributed by atoms with E-state index < -0.39 is 0 Å². The summed E-state index contributed by atoms with van der Waals surface area (Å²) in [5, 5.41) is 15.3. The first-order chi connectivity index (χ1) is 19.9. The van der Waals surface area contributed by atoms with Gasteiger partial charge in [0, 0.05) is 45.9 Å². The van der Waals surface area contributed by atoms with Crippen molar-refractivity contribution in [2.75, 3.05) is 10.6 Å². The van der Waals surface area contributed by atoms with Crippen LogP contribution in [0.3, 0.4) is 0 Å². The number of hydrogen-bond donors (Lipinski definition) is 2. The maximum absolute atomic E-state index is 12.6. The van der Waals surface area contributed by atoms with Crippen LogP contribution >= 0.6 is 27.7 Å². The van der Waals surface area contributed by atoms with E-state index in [1.54, 1.807) is 17.8 Å². The number of halogens is 1. The Morgan fingerprint density at radius 3 is 2.20 bits per heavy atom. The Morgan fingerprint density at radius 1 is 0.829 bits per heavy atom. The van der Waals surface area contributed by atoms with Gasteiger partial charge in [-0.2, -0.15) is 0 Å². The second kappa shape index (κ2) is 13.3. The molecule has 0 radical (unpaired) electrons. The van der Waals surface area contributed by atoms with E-state index in [2.05, 4.69) is 36.8 Å². The lowest BCUT2D eigenvalue weighted by atomic mass is 10.1.